The Morgan fingerprint density at radius 1 is 1.61 bits per heavy atom. The van der Waals surface area contributed by atoms with Crippen molar-refractivity contribution in [3.63, 3.8) is 0 Å². The van der Waals surface area contributed by atoms with Crippen molar-refractivity contribution < 1.29 is 9.53 Å². The Kier molecular flexibility index (Phi) is 4.19. The van der Waals surface area contributed by atoms with Gasteiger partial charge in [0.15, 0.2) is 0 Å². The van der Waals surface area contributed by atoms with E-state index < -0.39 is 0 Å². The molecule has 1 aliphatic rings. The maximum atomic E-state index is 11.6. The van der Waals surface area contributed by atoms with Gasteiger partial charge in [-0.1, -0.05) is 6.07 Å². The fourth-order valence-corrected chi connectivity index (χ4v) is 2.56. The Morgan fingerprint density at radius 2 is 2.39 bits per heavy atom. The minimum absolute atomic E-state index is 0.167. The van der Waals surface area contributed by atoms with E-state index in [1.54, 1.807) is 0 Å². The van der Waals surface area contributed by atoms with Crippen molar-refractivity contribution in [1.82, 2.24) is 9.88 Å². The van der Waals surface area contributed by atoms with E-state index >= 15 is 0 Å². The zero-order valence-corrected chi connectivity index (χ0v) is 12.0. The highest BCUT2D eigenvalue weighted by Gasteiger charge is 2.35. The van der Waals surface area contributed by atoms with Gasteiger partial charge in [-0.2, -0.15) is 0 Å². The van der Waals surface area contributed by atoms with Crippen LogP contribution in [0, 0.1) is 0 Å². The van der Waals surface area contributed by atoms with Crippen LogP contribution in [0.3, 0.4) is 0 Å². The molecular formula is C12H16BrN3O2. The van der Waals surface area contributed by atoms with Gasteiger partial charge in [0.2, 0.25) is 0 Å². The van der Waals surface area contributed by atoms with Crippen LogP contribution >= 0.6 is 15.9 Å². The number of likely N-dealkylation sites (N-methyl/N-ethyl adjacent to an activating group) is 1. The number of esters is 1. The highest BCUT2D eigenvalue weighted by atomic mass is 79.9. The van der Waals surface area contributed by atoms with Crippen molar-refractivity contribution >= 4 is 27.7 Å². The Balaban J connectivity index is 1.98. The zero-order valence-electron chi connectivity index (χ0n) is 10.4. The van der Waals surface area contributed by atoms with E-state index in [2.05, 4.69) is 26.2 Å². The standard InChI is InChI=1S/C12H16BrN3O2/c1-16-7-8(6-9(16)12(17)18-2)14-11-5-3-4-10(13)15-11/h3-5,8-9H,6-7H2,1-2H3,(H,14,15). The number of pyridine rings is 1. The molecule has 1 aliphatic heterocycles. The number of carbonyl (C=O) groups excluding carboxylic acids is 1. The molecule has 0 aromatic carbocycles. The Morgan fingerprint density at radius 3 is 3.06 bits per heavy atom. The van der Waals surface area contributed by atoms with Crippen molar-refractivity contribution in [3.05, 3.63) is 22.8 Å². The van der Waals surface area contributed by atoms with Gasteiger partial charge < -0.3 is 10.1 Å². The number of carbonyl (C=O) groups is 1. The van der Waals surface area contributed by atoms with Crippen LogP contribution < -0.4 is 5.32 Å². The van der Waals surface area contributed by atoms with Crippen LogP contribution in [-0.2, 0) is 9.53 Å². The molecule has 2 heterocycles. The summed E-state index contributed by atoms with van der Waals surface area (Å²) in [5, 5.41) is 3.33. The van der Waals surface area contributed by atoms with Crippen molar-refractivity contribution in [3.8, 4) is 0 Å². The summed E-state index contributed by atoms with van der Waals surface area (Å²) >= 11 is 3.33. The third kappa shape index (κ3) is 3.00. The summed E-state index contributed by atoms with van der Waals surface area (Å²) in [5.74, 6) is 0.636. The second kappa shape index (κ2) is 5.67. The molecule has 5 nitrogen and oxygen atoms in total. The van der Waals surface area contributed by atoms with Gasteiger partial charge in [0.1, 0.15) is 16.5 Å². The summed E-state index contributed by atoms with van der Waals surface area (Å²) in [6, 6.07) is 5.76. The molecule has 0 amide bonds. The number of hydrogen-bond donors (Lipinski definition) is 1. The van der Waals surface area contributed by atoms with E-state index in [0.29, 0.717) is 0 Å². The highest BCUT2D eigenvalue weighted by molar-refractivity contribution is 9.10. The normalized spacial score (nSPS) is 23.9. The second-order valence-electron chi connectivity index (χ2n) is 4.40. The second-order valence-corrected chi connectivity index (χ2v) is 5.21. The van der Waals surface area contributed by atoms with Crippen LogP contribution in [0.15, 0.2) is 22.8 Å². The lowest BCUT2D eigenvalue weighted by Gasteiger charge is -2.15. The number of hydrogen-bond acceptors (Lipinski definition) is 5. The lowest BCUT2D eigenvalue weighted by molar-refractivity contribution is -0.145. The highest BCUT2D eigenvalue weighted by Crippen LogP contribution is 2.20. The first kappa shape index (κ1) is 13.3. The van der Waals surface area contributed by atoms with E-state index in [4.69, 9.17) is 4.74 Å². The minimum atomic E-state index is -0.177. The molecule has 1 saturated heterocycles. The first-order valence-corrected chi connectivity index (χ1v) is 6.56. The fourth-order valence-electron chi connectivity index (χ4n) is 2.21. The number of halogens is 1. The first-order valence-electron chi connectivity index (χ1n) is 5.77. The van der Waals surface area contributed by atoms with Gasteiger partial charge in [-0.15, -0.1) is 0 Å². The van der Waals surface area contributed by atoms with E-state index in [0.717, 1.165) is 23.4 Å². The molecule has 0 spiro atoms. The van der Waals surface area contributed by atoms with Gasteiger partial charge in [0.05, 0.1) is 7.11 Å². The Bertz CT molecular complexity index is 441. The molecule has 2 atom stereocenters. The molecule has 0 radical (unpaired) electrons. The van der Waals surface area contributed by atoms with E-state index in [1.807, 2.05) is 30.1 Å². The number of nitrogens with zero attached hydrogens (tertiary/aromatic N) is 2. The summed E-state index contributed by atoms with van der Waals surface area (Å²) < 4.78 is 5.59. The molecule has 0 aliphatic carbocycles. The van der Waals surface area contributed by atoms with Gasteiger partial charge in [-0.25, -0.2) is 4.98 Å². The van der Waals surface area contributed by atoms with Gasteiger partial charge >= 0.3 is 5.97 Å². The topological polar surface area (TPSA) is 54.5 Å². The van der Waals surface area contributed by atoms with Crippen LogP contribution in [-0.4, -0.2) is 48.6 Å². The summed E-state index contributed by atoms with van der Waals surface area (Å²) in [7, 11) is 3.35. The molecular weight excluding hydrogens is 298 g/mol. The molecule has 1 aromatic rings. The minimum Gasteiger partial charge on any atom is -0.468 e. The molecule has 18 heavy (non-hydrogen) atoms. The summed E-state index contributed by atoms with van der Waals surface area (Å²) in [6.45, 7) is 0.800. The summed E-state index contributed by atoms with van der Waals surface area (Å²) in [6.07, 6.45) is 0.733. The fraction of sp³-hybridized carbons (Fsp3) is 0.500. The molecule has 1 N–H and O–H groups in total. The van der Waals surface area contributed by atoms with Crippen LogP contribution in [0.5, 0.6) is 0 Å². The van der Waals surface area contributed by atoms with Gasteiger partial charge in [-0.3, -0.25) is 9.69 Å². The summed E-state index contributed by atoms with van der Waals surface area (Å²) in [4.78, 5) is 17.9. The van der Waals surface area contributed by atoms with E-state index in [-0.39, 0.29) is 18.1 Å². The molecule has 98 valence electrons. The molecule has 1 fully saturated rings. The average molecular weight is 314 g/mol. The third-order valence-corrected chi connectivity index (χ3v) is 3.53. The maximum absolute atomic E-state index is 11.6. The average Bonchev–Trinajstić information content (AvgIpc) is 2.69. The predicted octanol–water partition coefficient (Wildman–Crippen LogP) is 1.50. The molecule has 2 rings (SSSR count). The van der Waals surface area contributed by atoms with Gasteiger partial charge in [0.25, 0.3) is 0 Å². The monoisotopic (exact) mass is 313 g/mol. The van der Waals surface area contributed by atoms with Crippen LogP contribution in [0.4, 0.5) is 5.82 Å². The lowest BCUT2D eigenvalue weighted by Crippen LogP contribution is -2.33. The van der Waals surface area contributed by atoms with E-state index in [1.165, 1.54) is 7.11 Å². The molecule has 2 unspecified atom stereocenters. The Labute approximate surface area is 115 Å². The maximum Gasteiger partial charge on any atom is 0.323 e. The number of methoxy groups -OCH3 is 1. The predicted molar refractivity (Wildman–Crippen MR) is 72.4 cm³/mol. The van der Waals surface area contributed by atoms with Gasteiger partial charge in [-0.05, 0) is 41.5 Å². The SMILES string of the molecule is COC(=O)C1CC(Nc2cccc(Br)n2)CN1C. The Hall–Kier alpha value is -1.14. The first-order chi connectivity index (χ1) is 8.60. The zero-order chi connectivity index (χ0) is 13.1. The number of likely N-dealkylation sites (tertiary alicyclic amines) is 1. The number of aromatic nitrogens is 1. The van der Waals surface area contributed by atoms with Crippen molar-refractivity contribution in [2.24, 2.45) is 0 Å². The lowest BCUT2D eigenvalue weighted by atomic mass is 10.1. The third-order valence-electron chi connectivity index (χ3n) is 3.09. The van der Waals surface area contributed by atoms with Crippen LogP contribution in [0.1, 0.15) is 6.42 Å². The van der Waals surface area contributed by atoms with Crippen molar-refractivity contribution in [2.75, 3.05) is 26.0 Å². The summed E-state index contributed by atoms with van der Waals surface area (Å²) in [5.41, 5.74) is 0. The number of anilines is 1. The molecule has 6 heteroatoms. The molecule has 1 aromatic heterocycles. The number of rotatable bonds is 3. The van der Waals surface area contributed by atoms with Crippen molar-refractivity contribution in [2.45, 2.75) is 18.5 Å². The van der Waals surface area contributed by atoms with Gasteiger partial charge in [0, 0.05) is 12.6 Å². The van der Waals surface area contributed by atoms with E-state index in [9.17, 15) is 4.79 Å². The molecule has 0 saturated carbocycles. The number of nitrogens with one attached hydrogen (secondary N) is 1. The van der Waals surface area contributed by atoms with Crippen LogP contribution in [0.2, 0.25) is 0 Å². The van der Waals surface area contributed by atoms with Crippen molar-refractivity contribution in [1.29, 1.82) is 0 Å². The smallest absolute Gasteiger partial charge is 0.323 e. The quantitative estimate of drug-likeness (QED) is 0.677. The van der Waals surface area contributed by atoms with Crippen LogP contribution in [0.25, 0.3) is 0 Å². The number of ether oxygens (including phenoxy) is 1. The largest absolute Gasteiger partial charge is 0.468 e. The molecule has 0 bridgehead atoms.